The van der Waals surface area contributed by atoms with Crippen LogP contribution in [0.4, 0.5) is 8.78 Å². The second-order valence-corrected chi connectivity index (χ2v) is 6.19. The van der Waals surface area contributed by atoms with Gasteiger partial charge in [0, 0.05) is 11.1 Å². The molecule has 0 radical (unpaired) electrons. The number of amides is 1. The van der Waals surface area contributed by atoms with Gasteiger partial charge < -0.3 is 15.0 Å². The van der Waals surface area contributed by atoms with Gasteiger partial charge in [0.2, 0.25) is 5.82 Å². The minimum Gasteiger partial charge on any atom is -0.480 e. The summed E-state index contributed by atoms with van der Waals surface area (Å²) in [6.45, 7) is 7.00. The Morgan fingerprint density at radius 1 is 1.38 bits per heavy atom. The summed E-state index contributed by atoms with van der Waals surface area (Å²) in [5.41, 5.74) is 0.386. The normalized spacial score (nSPS) is 11.4. The lowest BCUT2D eigenvalue weighted by Gasteiger charge is -2.24. The zero-order valence-corrected chi connectivity index (χ0v) is 14.2. The molecular weight excluding hydrogens is 316 g/mol. The Bertz CT molecular complexity index is 741. The number of hydrogen-bond donors (Lipinski definition) is 2. The maximum Gasteiger partial charge on any atom is 0.258 e. The number of halogens is 2. The molecule has 0 aliphatic heterocycles. The first-order chi connectivity index (χ1) is 11.2. The summed E-state index contributed by atoms with van der Waals surface area (Å²) < 4.78 is 33.0. The highest BCUT2D eigenvalue weighted by Crippen LogP contribution is 2.33. The number of aromatic amines is 1. The fraction of sp³-hybridized carbons (Fsp3) is 0.412. The van der Waals surface area contributed by atoms with E-state index in [2.05, 4.69) is 15.3 Å². The summed E-state index contributed by atoms with van der Waals surface area (Å²) in [5.74, 6) is -2.27. The van der Waals surface area contributed by atoms with Crippen molar-refractivity contribution in [3.8, 4) is 17.0 Å². The third kappa shape index (κ3) is 4.10. The van der Waals surface area contributed by atoms with Crippen molar-refractivity contribution in [1.82, 2.24) is 15.3 Å². The molecule has 1 heterocycles. The Morgan fingerprint density at radius 2 is 2.08 bits per heavy atom. The van der Waals surface area contributed by atoms with Crippen molar-refractivity contribution in [1.29, 1.82) is 0 Å². The van der Waals surface area contributed by atoms with Crippen LogP contribution >= 0.6 is 0 Å². The molecule has 0 unspecified atom stereocenters. The minimum atomic E-state index is -1.14. The number of ether oxygens (including phenoxy) is 1. The number of nitrogens with zero attached hydrogens (tertiary/aromatic N) is 1. The van der Waals surface area contributed by atoms with Gasteiger partial charge in [-0.05, 0) is 39.3 Å². The Hall–Kier alpha value is -2.44. The summed E-state index contributed by atoms with van der Waals surface area (Å²) in [7, 11) is 0. The van der Waals surface area contributed by atoms with Crippen molar-refractivity contribution in [2.24, 2.45) is 0 Å². The van der Waals surface area contributed by atoms with E-state index in [-0.39, 0.29) is 5.75 Å². The molecule has 1 aromatic carbocycles. The molecule has 0 saturated heterocycles. The first-order valence-electron chi connectivity index (χ1n) is 7.67. The third-order valence-electron chi connectivity index (χ3n) is 3.75. The highest BCUT2D eigenvalue weighted by Gasteiger charge is 2.21. The first-order valence-corrected chi connectivity index (χ1v) is 7.67. The van der Waals surface area contributed by atoms with Crippen LogP contribution in [0.2, 0.25) is 0 Å². The molecule has 0 aliphatic rings. The van der Waals surface area contributed by atoms with Crippen LogP contribution in [0.25, 0.3) is 11.3 Å². The highest BCUT2D eigenvalue weighted by molar-refractivity contribution is 5.78. The lowest BCUT2D eigenvalue weighted by Crippen LogP contribution is -2.45. The smallest absolute Gasteiger partial charge is 0.258 e. The van der Waals surface area contributed by atoms with E-state index in [0.29, 0.717) is 17.1 Å². The van der Waals surface area contributed by atoms with Crippen molar-refractivity contribution >= 4 is 5.91 Å². The van der Waals surface area contributed by atoms with Crippen molar-refractivity contribution in [2.75, 3.05) is 6.61 Å². The second kappa shape index (κ2) is 6.98. The summed E-state index contributed by atoms with van der Waals surface area (Å²) in [6.07, 6.45) is 2.22. The number of rotatable bonds is 6. The van der Waals surface area contributed by atoms with E-state index in [4.69, 9.17) is 4.74 Å². The molecule has 5 nitrogen and oxygen atoms in total. The molecule has 2 rings (SSSR count). The molecule has 0 bridgehead atoms. The van der Waals surface area contributed by atoms with Crippen LogP contribution in [-0.2, 0) is 4.79 Å². The number of carbonyl (C=O) groups is 1. The molecule has 0 spiro atoms. The summed E-state index contributed by atoms with van der Waals surface area (Å²) >= 11 is 0. The standard InChI is InChI=1S/C17H21F2N3O2/c1-5-17(3,4)22-14(23)9-24-16-11(6-7-12(18)15(16)19)13-8-20-10(2)21-13/h6-8H,5,9H2,1-4H3,(H,20,21)(H,22,23). The molecule has 0 fully saturated rings. The van der Waals surface area contributed by atoms with Crippen molar-refractivity contribution in [3.05, 3.63) is 35.8 Å². The second-order valence-electron chi connectivity index (χ2n) is 6.19. The van der Waals surface area contributed by atoms with E-state index in [1.807, 2.05) is 20.8 Å². The maximum atomic E-state index is 14.1. The number of benzene rings is 1. The number of imidazole rings is 1. The van der Waals surface area contributed by atoms with Gasteiger partial charge in [0.05, 0.1) is 11.9 Å². The fourth-order valence-electron chi connectivity index (χ4n) is 2.08. The van der Waals surface area contributed by atoms with Crippen molar-refractivity contribution < 1.29 is 18.3 Å². The topological polar surface area (TPSA) is 67.0 Å². The Labute approximate surface area is 139 Å². The lowest BCUT2D eigenvalue weighted by atomic mass is 10.0. The number of H-pyrrole nitrogens is 1. The van der Waals surface area contributed by atoms with Gasteiger partial charge in [0.25, 0.3) is 5.91 Å². The van der Waals surface area contributed by atoms with E-state index in [0.717, 1.165) is 12.5 Å². The summed E-state index contributed by atoms with van der Waals surface area (Å²) in [4.78, 5) is 18.9. The number of aryl methyl sites for hydroxylation is 1. The molecule has 7 heteroatoms. The predicted octanol–water partition coefficient (Wildman–Crippen LogP) is 3.35. The van der Waals surface area contributed by atoms with Crippen LogP contribution in [0.3, 0.4) is 0 Å². The van der Waals surface area contributed by atoms with Crippen LogP contribution in [0.15, 0.2) is 18.3 Å². The Kier molecular flexibility index (Phi) is 5.21. The highest BCUT2D eigenvalue weighted by atomic mass is 19.2. The van der Waals surface area contributed by atoms with Crippen LogP contribution in [-0.4, -0.2) is 28.0 Å². The monoisotopic (exact) mass is 337 g/mol. The maximum absolute atomic E-state index is 14.1. The molecule has 2 aromatic rings. The fourth-order valence-corrected chi connectivity index (χ4v) is 2.08. The SMILES string of the molecule is CCC(C)(C)NC(=O)COc1c(-c2cnc(C)[nH]2)ccc(F)c1F. The molecule has 0 saturated carbocycles. The van der Waals surface area contributed by atoms with Gasteiger partial charge in [0.1, 0.15) is 5.82 Å². The van der Waals surface area contributed by atoms with Crippen LogP contribution < -0.4 is 10.1 Å². The van der Waals surface area contributed by atoms with Gasteiger partial charge in [-0.2, -0.15) is 4.39 Å². The van der Waals surface area contributed by atoms with E-state index >= 15 is 0 Å². The Balaban J connectivity index is 2.23. The van der Waals surface area contributed by atoms with Gasteiger partial charge in [-0.1, -0.05) is 6.92 Å². The van der Waals surface area contributed by atoms with E-state index in [1.165, 1.54) is 12.3 Å². The third-order valence-corrected chi connectivity index (χ3v) is 3.75. The quantitative estimate of drug-likeness (QED) is 0.849. The number of aromatic nitrogens is 2. The van der Waals surface area contributed by atoms with Gasteiger partial charge >= 0.3 is 0 Å². The van der Waals surface area contributed by atoms with Crippen LogP contribution in [0.1, 0.15) is 33.0 Å². The summed E-state index contributed by atoms with van der Waals surface area (Å²) in [6, 6.07) is 2.39. The van der Waals surface area contributed by atoms with Gasteiger partial charge in [0.15, 0.2) is 18.2 Å². The van der Waals surface area contributed by atoms with Gasteiger partial charge in [-0.3, -0.25) is 4.79 Å². The zero-order valence-electron chi connectivity index (χ0n) is 14.2. The molecule has 130 valence electrons. The molecule has 0 atom stereocenters. The molecule has 1 amide bonds. The van der Waals surface area contributed by atoms with Crippen molar-refractivity contribution in [2.45, 2.75) is 39.7 Å². The molecule has 24 heavy (non-hydrogen) atoms. The van der Waals surface area contributed by atoms with Gasteiger partial charge in [-0.25, -0.2) is 9.37 Å². The molecule has 0 aliphatic carbocycles. The molecule has 2 N–H and O–H groups in total. The predicted molar refractivity (Wildman–Crippen MR) is 86.7 cm³/mol. The van der Waals surface area contributed by atoms with Crippen LogP contribution in [0, 0.1) is 18.6 Å². The zero-order chi connectivity index (χ0) is 17.9. The minimum absolute atomic E-state index is 0.303. The largest absolute Gasteiger partial charge is 0.480 e. The van der Waals surface area contributed by atoms with Crippen LogP contribution in [0.5, 0.6) is 5.75 Å². The molecular formula is C17H21F2N3O2. The van der Waals surface area contributed by atoms with E-state index in [9.17, 15) is 13.6 Å². The van der Waals surface area contributed by atoms with Crippen molar-refractivity contribution in [3.63, 3.8) is 0 Å². The number of nitrogens with one attached hydrogen (secondary N) is 2. The van der Waals surface area contributed by atoms with Gasteiger partial charge in [-0.15, -0.1) is 0 Å². The first kappa shape index (κ1) is 17.9. The molecule has 1 aromatic heterocycles. The number of hydrogen-bond acceptors (Lipinski definition) is 3. The average Bonchev–Trinajstić information content (AvgIpc) is 2.94. The number of carbonyl (C=O) groups excluding carboxylic acids is 1. The van der Waals surface area contributed by atoms with E-state index in [1.54, 1.807) is 6.92 Å². The lowest BCUT2D eigenvalue weighted by molar-refractivity contribution is -0.124. The average molecular weight is 337 g/mol. The summed E-state index contributed by atoms with van der Waals surface area (Å²) in [5, 5.41) is 2.77. The Morgan fingerprint density at radius 3 is 2.67 bits per heavy atom. The van der Waals surface area contributed by atoms with E-state index < -0.39 is 29.7 Å².